The van der Waals surface area contributed by atoms with Crippen LogP contribution in [0.3, 0.4) is 0 Å². The van der Waals surface area contributed by atoms with Crippen LogP contribution in [0.15, 0.2) is 12.2 Å². The fourth-order valence-corrected chi connectivity index (χ4v) is 3.98. The highest BCUT2D eigenvalue weighted by atomic mass is 28.4. The first-order valence-electron chi connectivity index (χ1n) is 11.6. The lowest BCUT2D eigenvalue weighted by Gasteiger charge is -2.36. The molecule has 0 saturated carbocycles. The van der Waals surface area contributed by atoms with Crippen molar-refractivity contribution in [2.24, 2.45) is 0 Å². The average Bonchev–Trinajstić information content (AvgIpc) is 2.56. The highest BCUT2D eigenvalue weighted by Crippen LogP contribution is 2.36. The number of rotatable bonds is 17. The van der Waals surface area contributed by atoms with Crippen molar-refractivity contribution in [2.45, 2.75) is 136 Å². The Morgan fingerprint density at radius 2 is 1.08 bits per heavy atom. The molecule has 0 fully saturated rings. The van der Waals surface area contributed by atoms with Gasteiger partial charge < -0.3 is 4.43 Å². The molecule has 0 saturated heterocycles. The molecule has 0 unspecified atom stereocenters. The minimum absolute atomic E-state index is 0.344. The van der Waals surface area contributed by atoms with Gasteiger partial charge in [0, 0.05) is 6.61 Å². The molecule has 2 heteroatoms. The zero-order chi connectivity index (χ0) is 19.7. The second kappa shape index (κ2) is 15.9. The summed E-state index contributed by atoms with van der Waals surface area (Å²) >= 11 is 0. The van der Waals surface area contributed by atoms with Crippen LogP contribution in [-0.2, 0) is 4.43 Å². The molecule has 0 aromatic carbocycles. The standard InChI is InChI=1S/C24H50OSi/c1-7-8-9-10-11-12-13-14-15-16-17-18-19-20-21-22-23-25-26(5,6)24(2,3)4/h12-13H,7-11,14-23H2,1-6H3/b13-12-. The van der Waals surface area contributed by atoms with Crippen LogP contribution in [0.25, 0.3) is 0 Å². The van der Waals surface area contributed by atoms with Crippen molar-refractivity contribution in [3.05, 3.63) is 12.2 Å². The zero-order valence-corrected chi connectivity index (χ0v) is 20.2. The summed E-state index contributed by atoms with van der Waals surface area (Å²) in [5, 5.41) is 0.344. The molecule has 0 atom stereocenters. The van der Waals surface area contributed by atoms with Crippen molar-refractivity contribution in [1.82, 2.24) is 0 Å². The van der Waals surface area contributed by atoms with Gasteiger partial charge in [-0.05, 0) is 50.2 Å². The number of hydrogen-bond acceptors (Lipinski definition) is 1. The van der Waals surface area contributed by atoms with Gasteiger partial charge in [-0.2, -0.15) is 0 Å². The molecule has 0 aromatic heterocycles. The van der Waals surface area contributed by atoms with Crippen molar-refractivity contribution in [3.8, 4) is 0 Å². The summed E-state index contributed by atoms with van der Waals surface area (Å²) in [6, 6.07) is 0. The van der Waals surface area contributed by atoms with E-state index >= 15 is 0 Å². The fraction of sp³-hybridized carbons (Fsp3) is 0.917. The van der Waals surface area contributed by atoms with Crippen LogP contribution in [0, 0.1) is 0 Å². The molecule has 0 bridgehead atoms. The molecule has 26 heavy (non-hydrogen) atoms. The Morgan fingerprint density at radius 1 is 0.654 bits per heavy atom. The maximum absolute atomic E-state index is 6.25. The highest BCUT2D eigenvalue weighted by Gasteiger charge is 2.36. The average molecular weight is 383 g/mol. The van der Waals surface area contributed by atoms with Gasteiger partial charge in [-0.1, -0.05) is 97.6 Å². The zero-order valence-electron chi connectivity index (χ0n) is 19.2. The minimum atomic E-state index is -1.52. The maximum Gasteiger partial charge on any atom is 0.191 e. The van der Waals surface area contributed by atoms with E-state index < -0.39 is 8.32 Å². The van der Waals surface area contributed by atoms with Crippen LogP contribution in [0.5, 0.6) is 0 Å². The third kappa shape index (κ3) is 15.0. The Morgan fingerprint density at radius 3 is 1.54 bits per heavy atom. The van der Waals surface area contributed by atoms with Gasteiger partial charge in [0.15, 0.2) is 8.32 Å². The summed E-state index contributed by atoms with van der Waals surface area (Å²) in [5.74, 6) is 0. The van der Waals surface area contributed by atoms with Crippen molar-refractivity contribution in [2.75, 3.05) is 6.61 Å². The lowest BCUT2D eigenvalue weighted by molar-refractivity contribution is 0.277. The van der Waals surface area contributed by atoms with Crippen LogP contribution in [0.2, 0.25) is 18.1 Å². The SMILES string of the molecule is CCCCCC/C=C\CCCCCCCCCCO[Si](C)(C)C(C)(C)C. The van der Waals surface area contributed by atoms with Crippen molar-refractivity contribution in [3.63, 3.8) is 0 Å². The predicted molar refractivity (Wildman–Crippen MR) is 123 cm³/mol. The molecule has 0 rings (SSSR count). The summed E-state index contributed by atoms with van der Waals surface area (Å²) in [6.07, 6.45) is 23.9. The summed E-state index contributed by atoms with van der Waals surface area (Å²) < 4.78 is 6.25. The summed E-state index contributed by atoms with van der Waals surface area (Å²) in [7, 11) is -1.52. The van der Waals surface area contributed by atoms with E-state index in [2.05, 4.69) is 52.9 Å². The molecule has 0 heterocycles. The van der Waals surface area contributed by atoms with Gasteiger partial charge in [-0.25, -0.2) is 0 Å². The molecule has 0 N–H and O–H groups in total. The molecule has 0 radical (unpaired) electrons. The van der Waals surface area contributed by atoms with E-state index in [1.54, 1.807) is 0 Å². The number of unbranched alkanes of at least 4 members (excludes halogenated alkanes) is 12. The molecule has 0 aliphatic heterocycles. The Bertz CT molecular complexity index is 328. The maximum atomic E-state index is 6.25. The lowest BCUT2D eigenvalue weighted by Crippen LogP contribution is -2.40. The Balaban J connectivity index is 3.29. The minimum Gasteiger partial charge on any atom is -0.417 e. The molecule has 0 aliphatic rings. The first-order valence-corrected chi connectivity index (χ1v) is 14.5. The molecule has 0 aliphatic carbocycles. The Kier molecular flexibility index (Phi) is 15.9. The van der Waals surface area contributed by atoms with Crippen molar-refractivity contribution < 1.29 is 4.43 Å². The van der Waals surface area contributed by atoms with E-state index in [1.807, 2.05) is 0 Å². The largest absolute Gasteiger partial charge is 0.417 e. The van der Waals surface area contributed by atoms with Crippen LogP contribution >= 0.6 is 0 Å². The number of hydrogen-bond donors (Lipinski definition) is 0. The number of allylic oxidation sites excluding steroid dienone is 2. The van der Waals surface area contributed by atoms with Gasteiger partial charge in [-0.3, -0.25) is 0 Å². The topological polar surface area (TPSA) is 9.23 Å². The molecule has 0 aromatic rings. The molecule has 0 amide bonds. The van der Waals surface area contributed by atoms with Crippen LogP contribution < -0.4 is 0 Å². The van der Waals surface area contributed by atoms with Gasteiger partial charge in [0.2, 0.25) is 0 Å². The van der Waals surface area contributed by atoms with Gasteiger partial charge >= 0.3 is 0 Å². The van der Waals surface area contributed by atoms with Gasteiger partial charge in [-0.15, -0.1) is 0 Å². The summed E-state index contributed by atoms with van der Waals surface area (Å²) in [5.41, 5.74) is 0. The smallest absolute Gasteiger partial charge is 0.191 e. The molecular weight excluding hydrogens is 332 g/mol. The monoisotopic (exact) mass is 382 g/mol. The Labute approximate surface area is 167 Å². The highest BCUT2D eigenvalue weighted by molar-refractivity contribution is 6.74. The third-order valence-electron chi connectivity index (χ3n) is 5.93. The van der Waals surface area contributed by atoms with E-state index in [4.69, 9.17) is 4.43 Å². The van der Waals surface area contributed by atoms with E-state index in [1.165, 1.54) is 89.9 Å². The molecule has 0 spiro atoms. The van der Waals surface area contributed by atoms with Crippen molar-refractivity contribution in [1.29, 1.82) is 0 Å². The molecule has 1 nitrogen and oxygen atoms in total. The van der Waals surface area contributed by atoms with Gasteiger partial charge in [0.1, 0.15) is 0 Å². The fourth-order valence-electron chi connectivity index (χ4n) is 2.89. The third-order valence-corrected chi connectivity index (χ3v) is 10.5. The van der Waals surface area contributed by atoms with E-state index in [9.17, 15) is 0 Å². The van der Waals surface area contributed by atoms with E-state index in [0.717, 1.165) is 6.61 Å². The molecular formula is C24H50OSi. The summed E-state index contributed by atoms with van der Waals surface area (Å²) in [6.45, 7) is 14.9. The first kappa shape index (κ1) is 25.9. The second-order valence-electron chi connectivity index (χ2n) is 9.55. The van der Waals surface area contributed by atoms with Crippen LogP contribution in [0.4, 0.5) is 0 Å². The van der Waals surface area contributed by atoms with Crippen LogP contribution in [0.1, 0.15) is 118 Å². The predicted octanol–water partition coefficient (Wildman–Crippen LogP) is 9.05. The quantitative estimate of drug-likeness (QED) is 0.138. The molecule has 156 valence electrons. The first-order chi connectivity index (χ1) is 12.3. The Hall–Kier alpha value is -0.0831. The van der Waals surface area contributed by atoms with E-state index in [0.29, 0.717) is 5.04 Å². The van der Waals surface area contributed by atoms with Crippen LogP contribution in [-0.4, -0.2) is 14.9 Å². The van der Waals surface area contributed by atoms with Gasteiger partial charge in [0.05, 0.1) is 0 Å². The second-order valence-corrected chi connectivity index (χ2v) is 14.4. The van der Waals surface area contributed by atoms with E-state index in [-0.39, 0.29) is 0 Å². The lowest BCUT2D eigenvalue weighted by atomic mass is 10.1. The normalized spacial score (nSPS) is 13.0. The summed E-state index contributed by atoms with van der Waals surface area (Å²) in [4.78, 5) is 0. The van der Waals surface area contributed by atoms with Gasteiger partial charge in [0.25, 0.3) is 0 Å². The van der Waals surface area contributed by atoms with Crippen molar-refractivity contribution >= 4 is 8.32 Å².